The highest BCUT2D eigenvalue weighted by atomic mass is 32.2. The van der Waals surface area contributed by atoms with Crippen molar-refractivity contribution in [1.29, 1.82) is 0 Å². The molecule has 7 nitrogen and oxygen atoms in total. The fourth-order valence-corrected chi connectivity index (χ4v) is 5.14. The van der Waals surface area contributed by atoms with Crippen molar-refractivity contribution in [3.63, 3.8) is 0 Å². The molecule has 3 aromatic rings. The molecule has 0 bridgehead atoms. The lowest BCUT2D eigenvalue weighted by Gasteiger charge is -2.08. The summed E-state index contributed by atoms with van der Waals surface area (Å²) in [6.45, 7) is 6.84. The van der Waals surface area contributed by atoms with Crippen molar-refractivity contribution in [2.75, 3.05) is 20.3 Å². The highest BCUT2D eigenvalue weighted by molar-refractivity contribution is 7.92. The number of methoxy groups -OCH3 is 1. The van der Waals surface area contributed by atoms with Gasteiger partial charge >= 0.3 is 0 Å². The zero-order valence-electron chi connectivity index (χ0n) is 18.0. The summed E-state index contributed by atoms with van der Waals surface area (Å²) in [5, 5.41) is -0.529. The van der Waals surface area contributed by atoms with Crippen molar-refractivity contribution >= 4 is 37.3 Å². The molecule has 1 aromatic heterocycles. The standard InChI is InChI=1S/C22H26N2O5S2/c1-5-29-13-12-24-19-11-8-17(28-4)14-20(19)30-22(24)23-21(25)16-6-9-18(10-7-16)31(26,27)15(2)3/h6-11,14-15H,5,12-13H2,1-4H3. The molecule has 0 radical (unpaired) electrons. The molecule has 0 atom stereocenters. The van der Waals surface area contributed by atoms with Crippen molar-refractivity contribution in [2.45, 2.75) is 37.5 Å². The highest BCUT2D eigenvalue weighted by Crippen LogP contribution is 2.23. The molecule has 1 heterocycles. The Hall–Kier alpha value is -2.49. The number of hydrogen-bond acceptors (Lipinski definition) is 6. The van der Waals surface area contributed by atoms with Crippen LogP contribution in [0.4, 0.5) is 0 Å². The number of amides is 1. The summed E-state index contributed by atoms with van der Waals surface area (Å²) >= 11 is 1.39. The lowest BCUT2D eigenvalue weighted by Crippen LogP contribution is -2.19. The minimum atomic E-state index is -3.39. The highest BCUT2D eigenvalue weighted by Gasteiger charge is 2.19. The van der Waals surface area contributed by atoms with Gasteiger partial charge in [-0.3, -0.25) is 4.79 Å². The Balaban J connectivity index is 2.00. The predicted octanol–water partition coefficient (Wildman–Crippen LogP) is 3.67. The molecular formula is C22H26N2O5S2. The van der Waals surface area contributed by atoms with Crippen molar-refractivity contribution in [1.82, 2.24) is 4.57 Å². The van der Waals surface area contributed by atoms with Crippen LogP contribution in [0.25, 0.3) is 10.2 Å². The molecule has 3 rings (SSSR count). The Morgan fingerprint density at radius 2 is 1.87 bits per heavy atom. The van der Waals surface area contributed by atoms with Gasteiger partial charge < -0.3 is 14.0 Å². The van der Waals surface area contributed by atoms with Gasteiger partial charge in [-0.1, -0.05) is 11.3 Å². The third-order valence-electron chi connectivity index (χ3n) is 4.80. The lowest BCUT2D eigenvalue weighted by atomic mass is 10.2. The second kappa shape index (κ2) is 9.76. The van der Waals surface area contributed by atoms with E-state index in [1.165, 1.54) is 35.6 Å². The van der Waals surface area contributed by atoms with Crippen LogP contribution >= 0.6 is 11.3 Å². The first-order chi connectivity index (χ1) is 14.8. The van der Waals surface area contributed by atoms with Crippen LogP contribution in [0.2, 0.25) is 0 Å². The molecule has 166 valence electrons. The molecule has 9 heteroatoms. The van der Waals surface area contributed by atoms with E-state index in [0.29, 0.717) is 30.1 Å². The Kier molecular flexibility index (Phi) is 7.30. The van der Waals surface area contributed by atoms with Crippen LogP contribution in [0.5, 0.6) is 5.75 Å². The third-order valence-corrected chi connectivity index (χ3v) is 8.01. The van der Waals surface area contributed by atoms with Crippen LogP contribution in [0.3, 0.4) is 0 Å². The number of thiazole rings is 1. The normalized spacial score (nSPS) is 12.6. The Labute approximate surface area is 185 Å². The van der Waals surface area contributed by atoms with E-state index < -0.39 is 21.0 Å². The van der Waals surface area contributed by atoms with Crippen molar-refractivity contribution in [3.05, 3.63) is 52.8 Å². The van der Waals surface area contributed by atoms with Crippen LogP contribution in [-0.4, -0.2) is 44.5 Å². The van der Waals surface area contributed by atoms with E-state index in [2.05, 4.69) is 4.99 Å². The smallest absolute Gasteiger partial charge is 0.279 e. The second-order valence-corrected chi connectivity index (χ2v) is 10.6. The van der Waals surface area contributed by atoms with E-state index in [1.807, 2.05) is 29.7 Å². The summed E-state index contributed by atoms with van der Waals surface area (Å²) in [6.07, 6.45) is 0. The monoisotopic (exact) mass is 462 g/mol. The Morgan fingerprint density at radius 1 is 1.16 bits per heavy atom. The first-order valence-electron chi connectivity index (χ1n) is 9.96. The number of aromatic nitrogens is 1. The van der Waals surface area contributed by atoms with Crippen molar-refractivity contribution in [3.8, 4) is 5.75 Å². The molecule has 1 amide bonds. The molecule has 0 saturated carbocycles. The number of rotatable bonds is 8. The minimum Gasteiger partial charge on any atom is -0.497 e. The maximum atomic E-state index is 12.8. The number of sulfone groups is 1. The number of nitrogens with zero attached hydrogens (tertiary/aromatic N) is 2. The molecule has 0 aliphatic heterocycles. The van der Waals surface area contributed by atoms with E-state index in [-0.39, 0.29) is 4.90 Å². The molecule has 0 N–H and O–H groups in total. The number of ether oxygens (including phenoxy) is 2. The second-order valence-electron chi connectivity index (χ2n) is 7.10. The molecule has 0 aliphatic rings. The van der Waals surface area contributed by atoms with Crippen LogP contribution in [0.1, 0.15) is 31.1 Å². The SMILES string of the molecule is CCOCCn1c(=NC(=O)c2ccc(S(=O)(=O)C(C)C)cc2)sc2cc(OC)ccc21. The molecule has 0 unspecified atom stereocenters. The van der Waals surface area contributed by atoms with E-state index in [1.54, 1.807) is 21.0 Å². The van der Waals surface area contributed by atoms with Gasteiger partial charge in [0.25, 0.3) is 5.91 Å². The van der Waals surface area contributed by atoms with Gasteiger partial charge in [0.2, 0.25) is 0 Å². The number of benzene rings is 2. The van der Waals surface area contributed by atoms with Crippen LogP contribution < -0.4 is 9.54 Å². The van der Waals surface area contributed by atoms with Crippen molar-refractivity contribution < 1.29 is 22.7 Å². The molecule has 2 aromatic carbocycles. The fraction of sp³-hybridized carbons (Fsp3) is 0.364. The molecule has 0 aliphatic carbocycles. The summed E-state index contributed by atoms with van der Waals surface area (Å²) in [7, 11) is -1.78. The maximum Gasteiger partial charge on any atom is 0.279 e. The molecule has 0 saturated heterocycles. The van der Waals surface area contributed by atoms with Crippen LogP contribution in [0, 0.1) is 0 Å². The van der Waals surface area contributed by atoms with Crippen LogP contribution in [0.15, 0.2) is 52.4 Å². The summed E-state index contributed by atoms with van der Waals surface area (Å²) in [6, 6.07) is 11.6. The molecule has 0 spiro atoms. The average Bonchev–Trinajstić information content (AvgIpc) is 3.09. The van der Waals surface area contributed by atoms with Gasteiger partial charge in [-0.15, -0.1) is 0 Å². The van der Waals surface area contributed by atoms with Crippen molar-refractivity contribution in [2.24, 2.45) is 4.99 Å². The molecular weight excluding hydrogens is 436 g/mol. The first kappa shape index (κ1) is 23.2. The van der Waals surface area contributed by atoms with Gasteiger partial charge in [-0.2, -0.15) is 4.99 Å². The largest absolute Gasteiger partial charge is 0.497 e. The topological polar surface area (TPSA) is 87.0 Å². The lowest BCUT2D eigenvalue weighted by molar-refractivity contribution is 0.0996. The number of carbonyl (C=O) groups excluding carboxylic acids is 1. The zero-order valence-corrected chi connectivity index (χ0v) is 19.6. The first-order valence-corrected chi connectivity index (χ1v) is 12.3. The quantitative estimate of drug-likeness (QED) is 0.477. The maximum absolute atomic E-state index is 12.8. The number of carbonyl (C=O) groups is 1. The molecule has 31 heavy (non-hydrogen) atoms. The summed E-state index contributed by atoms with van der Waals surface area (Å²) in [5.74, 6) is 0.294. The summed E-state index contributed by atoms with van der Waals surface area (Å²) in [4.78, 5) is 17.9. The summed E-state index contributed by atoms with van der Waals surface area (Å²) in [5.41, 5.74) is 1.27. The van der Waals surface area contributed by atoms with E-state index >= 15 is 0 Å². The van der Waals surface area contributed by atoms with Gasteiger partial charge in [0.15, 0.2) is 14.6 Å². The number of hydrogen-bond donors (Lipinski definition) is 0. The van der Waals surface area contributed by atoms with Gasteiger partial charge in [-0.05, 0) is 63.2 Å². The number of fused-ring (bicyclic) bond motifs is 1. The Morgan fingerprint density at radius 3 is 2.48 bits per heavy atom. The van der Waals surface area contributed by atoms with Gasteiger partial charge in [0.1, 0.15) is 5.75 Å². The van der Waals surface area contributed by atoms with E-state index in [0.717, 1.165) is 16.0 Å². The average molecular weight is 463 g/mol. The zero-order chi connectivity index (χ0) is 22.6. The van der Waals surface area contributed by atoms with E-state index in [4.69, 9.17) is 9.47 Å². The molecule has 0 fully saturated rings. The predicted molar refractivity (Wildman–Crippen MR) is 122 cm³/mol. The van der Waals surface area contributed by atoms with Crippen LogP contribution in [-0.2, 0) is 21.1 Å². The van der Waals surface area contributed by atoms with Gasteiger partial charge in [-0.25, -0.2) is 8.42 Å². The summed E-state index contributed by atoms with van der Waals surface area (Å²) < 4.78 is 38.3. The van der Waals surface area contributed by atoms with Gasteiger partial charge in [0, 0.05) is 18.7 Å². The fourth-order valence-electron chi connectivity index (χ4n) is 2.99. The van der Waals surface area contributed by atoms with Gasteiger partial charge in [0.05, 0.1) is 34.1 Å². The minimum absolute atomic E-state index is 0.194. The van der Waals surface area contributed by atoms with E-state index in [9.17, 15) is 13.2 Å². The third kappa shape index (κ3) is 5.06. The Bertz CT molecular complexity index is 1240.